The van der Waals surface area contributed by atoms with Crippen LogP contribution in [0.1, 0.15) is 19.8 Å². The molecular formula is C12H22O6. The molecule has 6 nitrogen and oxygen atoms in total. The molecule has 0 aliphatic carbocycles. The molecule has 1 heterocycles. The van der Waals surface area contributed by atoms with E-state index in [0.717, 1.165) is 0 Å². The lowest BCUT2D eigenvalue weighted by atomic mass is 9.82. The number of rotatable bonds is 8. The van der Waals surface area contributed by atoms with E-state index in [1.54, 1.807) is 7.11 Å². The van der Waals surface area contributed by atoms with E-state index in [0.29, 0.717) is 19.6 Å². The third-order valence-corrected chi connectivity index (χ3v) is 3.16. The van der Waals surface area contributed by atoms with Crippen LogP contribution < -0.4 is 0 Å². The molecule has 0 aromatic carbocycles. The van der Waals surface area contributed by atoms with Crippen LogP contribution in [0.3, 0.4) is 0 Å². The topological polar surface area (TPSA) is 85.2 Å². The largest absolute Gasteiger partial charge is 0.481 e. The summed E-state index contributed by atoms with van der Waals surface area (Å²) in [5.74, 6) is -0.913. The van der Waals surface area contributed by atoms with Gasteiger partial charge in [0, 0.05) is 13.7 Å². The van der Waals surface area contributed by atoms with E-state index in [9.17, 15) is 15.0 Å². The SMILES string of the molecule is COCC(C)OCC(O)CC1(C(=O)O)CCOC1. The summed E-state index contributed by atoms with van der Waals surface area (Å²) in [6.45, 7) is 2.98. The van der Waals surface area contributed by atoms with Crippen molar-refractivity contribution < 1.29 is 29.2 Å². The quantitative estimate of drug-likeness (QED) is 0.653. The third kappa shape index (κ3) is 4.20. The molecule has 0 radical (unpaired) electrons. The summed E-state index contributed by atoms with van der Waals surface area (Å²) in [6.07, 6.45) is -0.331. The average molecular weight is 262 g/mol. The highest BCUT2D eigenvalue weighted by Gasteiger charge is 2.43. The molecule has 0 aromatic rings. The van der Waals surface area contributed by atoms with Crippen molar-refractivity contribution in [2.24, 2.45) is 5.41 Å². The smallest absolute Gasteiger partial charge is 0.312 e. The minimum absolute atomic E-state index is 0.111. The first-order chi connectivity index (χ1) is 8.50. The van der Waals surface area contributed by atoms with Crippen LogP contribution >= 0.6 is 0 Å². The van der Waals surface area contributed by atoms with Gasteiger partial charge in [-0.15, -0.1) is 0 Å². The van der Waals surface area contributed by atoms with Crippen LogP contribution in [0.5, 0.6) is 0 Å². The maximum Gasteiger partial charge on any atom is 0.312 e. The lowest BCUT2D eigenvalue weighted by molar-refractivity contribution is -0.152. The van der Waals surface area contributed by atoms with Gasteiger partial charge in [0.1, 0.15) is 0 Å². The number of ether oxygens (including phenoxy) is 3. The molecule has 3 atom stereocenters. The Morgan fingerprint density at radius 1 is 1.50 bits per heavy atom. The molecule has 1 aliphatic rings. The van der Waals surface area contributed by atoms with E-state index in [1.807, 2.05) is 6.92 Å². The zero-order valence-electron chi connectivity index (χ0n) is 10.9. The molecule has 6 heteroatoms. The van der Waals surface area contributed by atoms with Crippen LogP contribution in [0.15, 0.2) is 0 Å². The van der Waals surface area contributed by atoms with Crippen molar-refractivity contribution in [2.45, 2.75) is 32.0 Å². The van der Waals surface area contributed by atoms with Crippen LogP contribution in [-0.4, -0.2) is 61.9 Å². The second-order valence-corrected chi connectivity index (χ2v) is 4.85. The highest BCUT2D eigenvalue weighted by atomic mass is 16.5. The first kappa shape index (κ1) is 15.4. The number of methoxy groups -OCH3 is 1. The predicted molar refractivity (Wildman–Crippen MR) is 63.4 cm³/mol. The van der Waals surface area contributed by atoms with Gasteiger partial charge in [-0.05, 0) is 19.8 Å². The first-order valence-electron chi connectivity index (χ1n) is 6.10. The van der Waals surface area contributed by atoms with Crippen molar-refractivity contribution >= 4 is 5.97 Å². The molecule has 0 bridgehead atoms. The molecule has 3 unspecified atom stereocenters. The number of aliphatic carboxylic acids is 1. The molecule has 0 saturated carbocycles. The number of carboxylic acids is 1. The summed E-state index contributed by atoms with van der Waals surface area (Å²) >= 11 is 0. The Labute approximate surface area is 107 Å². The number of aliphatic hydroxyl groups excluding tert-OH is 1. The highest BCUT2D eigenvalue weighted by Crippen LogP contribution is 2.34. The summed E-state index contributed by atoms with van der Waals surface area (Å²) in [6, 6.07) is 0. The monoisotopic (exact) mass is 262 g/mol. The van der Waals surface area contributed by atoms with Crippen LogP contribution in [0.4, 0.5) is 0 Å². The molecule has 1 saturated heterocycles. The summed E-state index contributed by atoms with van der Waals surface area (Å²) < 4.78 is 15.4. The number of hydrogen-bond donors (Lipinski definition) is 2. The fourth-order valence-corrected chi connectivity index (χ4v) is 2.09. The van der Waals surface area contributed by atoms with Crippen molar-refractivity contribution in [3.63, 3.8) is 0 Å². The van der Waals surface area contributed by atoms with Crippen molar-refractivity contribution in [2.75, 3.05) is 33.5 Å². The van der Waals surface area contributed by atoms with Gasteiger partial charge in [0.25, 0.3) is 0 Å². The number of carbonyl (C=O) groups is 1. The third-order valence-electron chi connectivity index (χ3n) is 3.16. The first-order valence-corrected chi connectivity index (χ1v) is 6.10. The van der Waals surface area contributed by atoms with Gasteiger partial charge in [-0.2, -0.15) is 0 Å². The normalized spacial score (nSPS) is 27.1. The Morgan fingerprint density at radius 2 is 2.22 bits per heavy atom. The van der Waals surface area contributed by atoms with Gasteiger partial charge in [0.2, 0.25) is 0 Å². The Hall–Kier alpha value is -0.690. The molecule has 0 spiro atoms. The van der Waals surface area contributed by atoms with Gasteiger partial charge in [-0.25, -0.2) is 0 Å². The zero-order chi connectivity index (χ0) is 13.6. The van der Waals surface area contributed by atoms with E-state index in [-0.39, 0.29) is 25.7 Å². The lowest BCUT2D eigenvalue weighted by Gasteiger charge is -2.25. The van der Waals surface area contributed by atoms with E-state index in [4.69, 9.17) is 14.2 Å². The minimum atomic E-state index is -0.965. The van der Waals surface area contributed by atoms with E-state index in [2.05, 4.69) is 0 Å². The van der Waals surface area contributed by atoms with Gasteiger partial charge < -0.3 is 24.4 Å². The van der Waals surface area contributed by atoms with Crippen LogP contribution in [-0.2, 0) is 19.0 Å². The molecule has 1 aliphatic heterocycles. The maximum absolute atomic E-state index is 11.2. The van der Waals surface area contributed by atoms with E-state index in [1.165, 1.54) is 0 Å². The molecule has 0 aromatic heterocycles. The van der Waals surface area contributed by atoms with Crippen molar-refractivity contribution in [1.29, 1.82) is 0 Å². The Kier molecular flexibility index (Phi) is 6.01. The zero-order valence-corrected chi connectivity index (χ0v) is 10.9. The predicted octanol–water partition coefficient (Wildman–Crippen LogP) is 0.280. The molecule has 1 rings (SSSR count). The van der Waals surface area contributed by atoms with Crippen LogP contribution in [0, 0.1) is 5.41 Å². The van der Waals surface area contributed by atoms with Crippen molar-refractivity contribution in [1.82, 2.24) is 0 Å². The summed E-state index contributed by atoms with van der Waals surface area (Å²) in [5, 5.41) is 19.1. The summed E-state index contributed by atoms with van der Waals surface area (Å²) in [5.41, 5.74) is -0.965. The van der Waals surface area contributed by atoms with Gasteiger partial charge in [-0.1, -0.05) is 0 Å². The minimum Gasteiger partial charge on any atom is -0.481 e. The fraction of sp³-hybridized carbons (Fsp3) is 0.917. The molecule has 18 heavy (non-hydrogen) atoms. The Balaban J connectivity index is 2.38. The van der Waals surface area contributed by atoms with E-state index < -0.39 is 17.5 Å². The fourth-order valence-electron chi connectivity index (χ4n) is 2.09. The van der Waals surface area contributed by atoms with Gasteiger partial charge >= 0.3 is 5.97 Å². The second kappa shape index (κ2) is 7.04. The second-order valence-electron chi connectivity index (χ2n) is 4.85. The lowest BCUT2D eigenvalue weighted by Crippen LogP contribution is -2.37. The molecule has 0 amide bonds. The Morgan fingerprint density at radius 3 is 2.72 bits per heavy atom. The van der Waals surface area contributed by atoms with Gasteiger partial charge in [0.05, 0.1) is 37.4 Å². The van der Waals surface area contributed by atoms with Crippen LogP contribution in [0.2, 0.25) is 0 Å². The van der Waals surface area contributed by atoms with Crippen molar-refractivity contribution in [3.8, 4) is 0 Å². The Bertz CT molecular complexity index is 261. The molecule has 106 valence electrons. The van der Waals surface area contributed by atoms with Crippen LogP contribution in [0.25, 0.3) is 0 Å². The number of aliphatic hydroxyl groups is 1. The molecular weight excluding hydrogens is 240 g/mol. The summed E-state index contributed by atoms with van der Waals surface area (Å²) in [7, 11) is 1.57. The summed E-state index contributed by atoms with van der Waals surface area (Å²) in [4.78, 5) is 11.2. The van der Waals surface area contributed by atoms with Gasteiger partial charge in [0.15, 0.2) is 0 Å². The average Bonchev–Trinajstić information content (AvgIpc) is 2.77. The molecule has 1 fully saturated rings. The molecule has 2 N–H and O–H groups in total. The maximum atomic E-state index is 11.2. The van der Waals surface area contributed by atoms with E-state index >= 15 is 0 Å². The number of hydrogen-bond acceptors (Lipinski definition) is 5. The number of carboxylic acid groups (broad SMARTS) is 1. The van der Waals surface area contributed by atoms with Gasteiger partial charge in [-0.3, -0.25) is 4.79 Å². The standard InChI is InChI=1S/C12H22O6/c1-9(6-16-2)18-7-10(13)5-12(11(14)15)3-4-17-8-12/h9-10,13H,3-8H2,1-2H3,(H,14,15). The highest BCUT2D eigenvalue weighted by molar-refractivity contribution is 5.75. The van der Waals surface area contributed by atoms with Crippen molar-refractivity contribution in [3.05, 3.63) is 0 Å².